The first-order valence-electron chi connectivity index (χ1n) is 4.02. The molecule has 7 nitrogen and oxygen atoms in total. The molecule has 0 bridgehead atoms. The highest BCUT2D eigenvalue weighted by molar-refractivity contribution is 6.32. The topological polar surface area (TPSA) is 101 Å². The average molecular weight is 231 g/mol. The van der Waals surface area contributed by atoms with E-state index in [-0.39, 0.29) is 5.96 Å². The molecule has 0 aliphatic heterocycles. The zero-order valence-corrected chi connectivity index (χ0v) is 9.02. The van der Waals surface area contributed by atoms with Crippen LogP contribution in [-0.4, -0.2) is 27.2 Å². The Hall–Kier alpha value is -1.60. The standard InChI is InChI=1S/C7H11ClN6O/c1-4-5(6(8)14(2)12-4)3-10-11-7(9)13-15/h3,15H,1-2H3,(H3,9,11,13)/b10-3+. The van der Waals surface area contributed by atoms with Crippen molar-refractivity contribution in [1.29, 1.82) is 0 Å². The molecule has 0 fully saturated rings. The quantitative estimate of drug-likeness (QED) is 0.378. The molecule has 15 heavy (non-hydrogen) atoms. The molecular weight excluding hydrogens is 220 g/mol. The lowest BCUT2D eigenvalue weighted by Crippen LogP contribution is -2.27. The fourth-order valence-electron chi connectivity index (χ4n) is 0.964. The number of aromatic nitrogens is 2. The van der Waals surface area contributed by atoms with E-state index in [1.165, 1.54) is 10.9 Å². The van der Waals surface area contributed by atoms with Gasteiger partial charge in [0, 0.05) is 7.05 Å². The molecule has 4 N–H and O–H groups in total. The average Bonchev–Trinajstić information content (AvgIpc) is 2.44. The maximum Gasteiger partial charge on any atom is 0.237 e. The summed E-state index contributed by atoms with van der Waals surface area (Å²) in [6, 6.07) is 0. The van der Waals surface area contributed by atoms with Crippen LogP contribution in [0.3, 0.4) is 0 Å². The third kappa shape index (κ3) is 2.67. The van der Waals surface area contributed by atoms with Gasteiger partial charge in [0.25, 0.3) is 0 Å². The molecule has 8 heteroatoms. The van der Waals surface area contributed by atoms with E-state index in [9.17, 15) is 0 Å². The second-order valence-corrected chi connectivity index (χ2v) is 3.11. The van der Waals surface area contributed by atoms with Crippen molar-refractivity contribution in [1.82, 2.24) is 15.3 Å². The molecule has 0 spiro atoms. The lowest BCUT2D eigenvalue weighted by molar-refractivity contribution is 0.232. The third-order valence-corrected chi connectivity index (χ3v) is 2.11. The van der Waals surface area contributed by atoms with Crippen molar-refractivity contribution in [3.05, 3.63) is 16.4 Å². The molecule has 0 saturated heterocycles. The number of hydroxylamine groups is 1. The van der Waals surface area contributed by atoms with Crippen LogP contribution in [-0.2, 0) is 7.05 Å². The molecule has 82 valence electrons. The summed E-state index contributed by atoms with van der Waals surface area (Å²) in [6.45, 7) is 1.80. The summed E-state index contributed by atoms with van der Waals surface area (Å²) in [7, 11) is 1.72. The summed E-state index contributed by atoms with van der Waals surface area (Å²) < 4.78 is 1.52. The van der Waals surface area contributed by atoms with Crippen molar-refractivity contribution in [2.45, 2.75) is 6.92 Å². The molecule has 0 radical (unpaired) electrons. The first-order chi connectivity index (χ1) is 7.06. The number of aryl methyl sites for hydroxylation is 2. The van der Waals surface area contributed by atoms with Gasteiger partial charge in [0.05, 0.1) is 17.5 Å². The van der Waals surface area contributed by atoms with Gasteiger partial charge in [-0.1, -0.05) is 11.6 Å². The Kier molecular flexibility index (Phi) is 3.64. The van der Waals surface area contributed by atoms with Crippen LogP contribution in [0.5, 0.6) is 0 Å². The zero-order valence-electron chi connectivity index (χ0n) is 8.27. The van der Waals surface area contributed by atoms with Crippen molar-refractivity contribution < 1.29 is 5.21 Å². The van der Waals surface area contributed by atoms with E-state index in [0.717, 1.165) is 5.69 Å². The molecule has 0 saturated carbocycles. The second-order valence-electron chi connectivity index (χ2n) is 2.76. The van der Waals surface area contributed by atoms with Crippen molar-refractivity contribution in [3.63, 3.8) is 0 Å². The summed E-state index contributed by atoms with van der Waals surface area (Å²) in [6.07, 6.45) is 1.41. The second kappa shape index (κ2) is 4.76. The van der Waals surface area contributed by atoms with Gasteiger partial charge in [0.1, 0.15) is 5.15 Å². The van der Waals surface area contributed by atoms with Gasteiger partial charge in [-0.25, -0.2) is 5.48 Å². The van der Waals surface area contributed by atoms with E-state index in [2.05, 4.69) is 15.3 Å². The Morgan fingerprint density at radius 1 is 1.73 bits per heavy atom. The molecule has 0 amide bonds. The highest BCUT2D eigenvalue weighted by atomic mass is 35.5. The smallest absolute Gasteiger partial charge is 0.237 e. The Morgan fingerprint density at radius 3 is 2.87 bits per heavy atom. The van der Waals surface area contributed by atoms with Gasteiger partial charge < -0.3 is 5.73 Å². The highest BCUT2D eigenvalue weighted by Crippen LogP contribution is 2.15. The van der Waals surface area contributed by atoms with Gasteiger partial charge >= 0.3 is 0 Å². The fourth-order valence-corrected chi connectivity index (χ4v) is 1.19. The van der Waals surface area contributed by atoms with E-state index >= 15 is 0 Å². The van der Waals surface area contributed by atoms with Crippen LogP contribution in [0.2, 0.25) is 5.15 Å². The SMILES string of the molecule is Cc1nn(C)c(Cl)c1/C=N/N=C(/N)NO. The number of guanidine groups is 1. The highest BCUT2D eigenvalue weighted by Gasteiger charge is 2.08. The maximum atomic E-state index is 8.32. The Bertz CT molecular complexity index is 410. The molecule has 0 aromatic carbocycles. The summed E-state index contributed by atoms with van der Waals surface area (Å²) in [5.74, 6) is -0.205. The van der Waals surface area contributed by atoms with Gasteiger partial charge in [-0.2, -0.15) is 10.2 Å². The molecule has 1 aromatic heterocycles. The Labute approximate surface area is 91.2 Å². The van der Waals surface area contributed by atoms with Crippen LogP contribution in [0.15, 0.2) is 10.2 Å². The van der Waals surface area contributed by atoms with Crippen LogP contribution in [0, 0.1) is 6.92 Å². The maximum absolute atomic E-state index is 8.32. The molecule has 1 rings (SSSR count). The Morgan fingerprint density at radius 2 is 2.40 bits per heavy atom. The number of nitrogens with zero attached hydrogens (tertiary/aromatic N) is 4. The minimum Gasteiger partial charge on any atom is -0.367 e. The normalized spacial score (nSPS) is 12.4. The predicted octanol–water partition coefficient (Wildman–Crippen LogP) is 0.00932. The minimum absolute atomic E-state index is 0.205. The van der Waals surface area contributed by atoms with Crippen molar-refractivity contribution in [2.24, 2.45) is 23.0 Å². The number of nitrogens with one attached hydrogen (secondary N) is 1. The molecular formula is C7H11ClN6O. The van der Waals surface area contributed by atoms with Crippen LogP contribution in [0.4, 0.5) is 0 Å². The summed E-state index contributed by atoms with van der Waals surface area (Å²) in [4.78, 5) is 0. The fraction of sp³-hybridized carbons (Fsp3) is 0.286. The molecule has 1 heterocycles. The van der Waals surface area contributed by atoms with Crippen molar-refractivity contribution in [3.8, 4) is 0 Å². The van der Waals surface area contributed by atoms with Gasteiger partial charge in [-0.3, -0.25) is 9.89 Å². The molecule has 0 unspecified atom stereocenters. The number of rotatable bonds is 2. The summed E-state index contributed by atoms with van der Waals surface area (Å²) in [5.41, 5.74) is 8.18. The first-order valence-corrected chi connectivity index (χ1v) is 4.39. The van der Waals surface area contributed by atoms with E-state index < -0.39 is 0 Å². The van der Waals surface area contributed by atoms with Gasteiger partial charge in [-0.15, -0.1) is 5.10 Å². The lowest BCUT2D eigenvalue weighted by Gasteiger charge is -1.92. The van der Waals surface area contributed by atoms with Crippen LogP contribution < -0.4 is 11.2 Å². The third-order valence-electron chi connectivity index (χ3n) is 1.66. The molecule has 1 aromatic rings. The summed E-state index contributed by atoms with van der Waals surface area (Å²) >= 11 is 5.93. The Balaban J connectivity index is 2.90. The predicted molar refractivity (Wildman–Crippen MR) is 57.1 cm³/mol. The largest absolute Gasteiger partial charge is 0.367 e. The number of halogens is 1. The van der Waals surface area contributed by atoms with E-state index in [1.54, 1.807) is 19.5 Å². The monoisotopic (exact) mass is 230 g/mol. The molecule has 0 aliphatic carbocycles. The lowest BCUT2D eigenvalue weighted by atomic mass is 10.3. The van der Waals surface area contributed by atoms with Crippen molar-refractivity contribution in [2.75, 3.05) is 0 Å². The molecule has 0 aliphatic rings. The van der Waals surface area contributed by atoms with Gasteiger partial charge in [-0.05, 0) is 6.92 Å². The van der Waals surface area contributed by atoms with Crippen LogP contribution in [0.1, 0.15) is 11.3 Å². The number of hydrogen-bond acceptors (Lipinski definition) is 4. The first kappa shape index (κ1) is 11.5. The van der Waals surface area contributed by atoms with E-state index in [0.29, 0.717) is 10.7 Å². The van der Waals surface area contributed by atoms with Gasteiger partial charge in [0.2, 0.25) is 5.96 Å². The zero-order chi connectivity index (χ0) is 11.4. The number of nitrogens with two attached hydrogens (primary N) is 1. The minimum atomic E-state index is -0.205. The van der Waals surface area contributed by atoms with Crippen LogP contribution >= 0.6 is 11.6 Å². The summed E-state index contributed by atoms with van der Waals surface area (Å²) in [5, 5.41) is 19.9. The van der Waals surface area contributed by atoms with Crippen LogP contribution in [0.25, 0.3) is 0 Å². The van der Waals surface area contributed by atoms with E-state index in [1.807, 2.05) is 0 Å². The van der Waals surface area contributed by atoms with E-state index in [4.69, 9.17) is 22.5 Å². The molecule has 0 atom stereocenters. The number of hydrogen-bond donors (Lipinski definition) is 3. The van der Waals surface area contributed by atoms with Crippen molar-refractivity contribution >= 4 is 23.8 Å². The van der Waals surface area contributed by atoms with Gasteiger partial charge in [0.15, 0.2) is 0 Å².